The van der Waals surface area contributed by atoms with Gasteiger partial charge in [-0.3, -0.25) is 4.79 Å². The second kappa shape index (κ2) is 7.45. The van der Waals surface area contributed by atoms with E-state index in [1.165, 1.54) is 11.1 Å². The summed E-state index contributed by atoms with van der Waals surface area (Å²) >= 11 is 0. The van der Waals surface area contributed by atoms with Gasteiger partial charge < -0.3 is 10.1 Å². The zero-order valence-electron chi connectivity index (χ0n) is 12.5. The Labute approximate surface area is 141 Å². The molecule has 22 heavy (non-hydrogen) atoms. The van der Waals surface area contributed by atoms with Gasteiger partial charge in [-0.05, 0) is 42.5 Å². The van der Waals surface area contributed by atoms with Gasteiger partial charge in [0.2, 0.25) is 0 Å². The Hall–Kier alpha value is -1.81. The molecule has 0 fully saturated rings. The highest BCUT2D eigenvalue weighted by Gasteiger charge is 2.21. The van der Waals surface area contributed by atoms with Crippen LogP contribution in [0.2, 0.25) is 0 Å². The summed E-state index contributed by atoms with van der Waals surface area (Å²) in [5, 5.41) is 3.13. The van der Waals surface area contributed by atoms with E-state index < -0.39 is 0 Å². The number of hydrogen-bond acceptors (Lipinski definition) is 2. The Morgan fingerprint density at radius 2 is 1.77 bits per heavy atom. The first-order chi connectivity index (χ1) is 10.3. The van der Waals surface area contributed by atoms with E-state index in [2.05, 4.69) is 29.6 Å². The number of aryl methyl sites for hydroxylation is 1. The number of carbonyl (C=O) groups excluding carboxylic acids is 1. The number of benzene rings is 2. The van der Waals surface area contributed by atoms with Gasteiger partial charge in [-0.1, -0.05) is 36.4 Å². The minimum atomic E-state index is -0.0585. The normalized spacial score (nSPS) is 16.1. The van der Waals surface area contributed by atoms with E-state index in [0.717, 1.165) is 19.3 Å². The minimum absolute atomic E-state index is 0. The highest BCUT2D eigenvalue weighted by atomic mass is 79.9. The van der Waals surface area contributed by atoms with Gasteiger partial charge >= 0.3 is 0 Å². The fourth-order valence-corrected chi connectivity index (χ4v) is 2.92. The van der Waals surface area contributed by atoms with Gasteiger partial charge in [0.25, 0.3) is 5.91 Å². The first-order valence-corrected chi connectivity index (χ1v) is 7.28. The summed E-state index contributed by atoms with van der Waals surface area (Å²) in [5.74, 6) is 0.558. The lowest BCUT2D eigenvalue weighted by Crippen LogP contribution is -2.38. The van der Waals surface area contributed by atoms with Gasteiger partial charge in [0, 0.05) is 6.04 Å². The molecule has 1 N–H and O–H groups in total. The van der Waals surface area contributed by atoms with Gasteiger partial charge in [0.05, 0.1) is 12.7 Å². The Kier molecular flexibility index (Phi) is 5.61. The van der Waals surface area contributed by atoms with Crippen molar-refractivity contribution in [3.8, 4) is 5.75 Å². The lowest BCUT2D eigenvalue weighted by molar-refractivity contribution is 0.0930. The second-order valence-electron chi connectivity index (χ2n) is 5.38. The average Bonchev–Trinajstić information content (AvgIpc) is 2.54. The van der Waals surface area contributed by atoms with Crippen molar-refractivity contribution in [1.82, 2.24) is 5.32 Å². The molecule has 0 saturated heterocycles. The van der Waals surface area contributed by atoms with Crippen LogP contribution in [0.3, 0.4) is 0 Å². The smallest absolute Gasteiger partial charge is 0.255 e. The third-order valence-electron chi connectivity index (χ3n) is 4.03. The van der Waals surface area contributed by atoms with Gasteiger partial charge in [-0.2, -0.15) is 0 Å². The summed E-state index contributed by atoms with van der Waals surface area (Å²) in [6, 6.07) is 16.0. The molecule has 1 unspecified atom stereocenters. The van der Waals surface area contributed by atoms with Crippen molar-refractivity contribution in [2.75, 3.05) is 7.11 Å². The minimum Gasteiger partial charge on any atom is -0.496 e. The van der Waals surface area contributed by atoms with Crippen LogP contribution in [0.25, 0.3) is 0 Å². The van der Waals surface area contributed by atoms with E-state index in [-0.39, 0.29) is 28.9 Å². The Morgan fingerprint density at radius 3 is 2.55 bits per heavy atom. The maximum absolute atomic E-state index is 12.4. The van der Waals surface area contributed by atoms with Crippen LogP contribution in [0.4, 0.5) is 0 Å². The lowest BCUT2D eigenvalue weighted by atomic mass is 9.88. The number of methoxy groups -OCH3 is 1. The van der Waals surface area contributed by atoms with Crippen LogP contribution >= 0.6 is 17.0 Å². The number of hydrogen-bond donors (Lipinski definition) is 1. The van der Waals surface area contributed by atoms with Crippen molar-refractivity contribution in [1.29, 1.82) is 0 Å². The van der Waals surface area contributed by atoms with E-state index in [9.17, 15) is 4.79 Å². The van der Waals surface area contributed by atoms with Crippen LogP contribution in [0, 0.1) is 0 Å². The highest BCUT2D eigenvalue weighted by molar-refractivity contribution is 8.93. The van der Waals surface area contributed by atoms with E-state index in [1.54, 1.807) is 13.2 Å². The van der Waals surface area contributed by atoms with Gasteiger partial charge in [0.15, 0.2) is 0 Å². The molecule has 116 valence electrons. The first-order valence-electron chi connectivity index (χ1n) is 7.28. The van der Waals surface area contributed by atoms with Crippen LogP contribution in [-0.4, -0.2) is 19.1 Å². The number of amides is 1. The van der Waals surface area contributed by atoms with Crippen molar-refractivity contribution >= 4 is 22.9 Å². The summed E-state index contributed by atoms with van der Waals surface area (Å²) in [5.41, 5.74) is 3.34. The molecule has 3 nitrogen and oxygen atoms in total. The number of para-hydroxylation sites is 1. The summed E-state index contributed by atoms with van der Waals surface area (Å²) in [6.07, 6.45) is 2.90. The molecule has 3 rings (SSSR count). The maximum Gasteiger partial charge on any atom is 0.255 e. The molecule has 0 bridgehead atoms. The molecular formula is C18H20BrNO2. The monoisotopic (exact) mass is 361 g/mol. The largest absolute Gasteiger partial charge is 0.496 e. The fourth-order valence-electron chi connectivity index (χ4n) is 2.92. The second-order valence-corrected chi connectivity index (χ2v) is 5.38. The van der Waals surface area contributed by atoms with Crippen molar-refractivity contribution < 1.29 is 9.53 Å². The average molecular weight is 362 g/mol. The molecule has 1 aliphatic carbocycles. The first kappa shape index (κ1) is 16.6. The van der Waals surface area contributed by atoms with Gasteiger partial charge in [0.1, 0.15) is 5.75 Å². The van der Waals surface area contributed by atoms with E-state index in [4.69, 9.17) is 4.74 Å². The summed E-state index contributed by atoms with van der Waals surface area (Å²) in [6.45, 7) is 0. The number of rotatable bonds is 3. The van der Waals surface area contributed by atoms with Crippen molar-refractivity contribution in [3.05, 3.63) is 65.2 Å². The highest BCUT2D eigenvalue weighted by Crippen LogP contribution is 2.22. The fraction of sp³-hybridized carbons (Fsp3) is 0.278. The number of halogens is 1. The Bertz CT molecular complexity index is 657. The lowest BCUT2D eigenvalue weighted by Gasteiger charge is -2.25. The third-order valence-corrected chi connectivity index (χ3v) is 4.03. The van der Waals surface area contributed by atoms with Crippen LogP contribution in [0.15, 0.2) is 48.5 Å². The SMILES string of the molecule is Br.COc1ccccc1C(=O)NC1CCc2ccccc2C1. The molecule has 1 amide bonds. The molecule has 0 heterocycles. The Balaban J connectivity index is 0.00000176. The third kappa shape index (κ3) is 3.50. The van der Waals surface area contributed by atoms with Crippen LogP contribution in [0.5, 0.6) is 5.75 Å². The Morgan fingerprint density at radius 1 is 1.09 bits per heavy atom. The molecule has 2 aromatic rings. The number of carbonyl (C=O) groups is 1. The van der Waals surface area contributed by atoms with E-state index in [1.807, 2.05) is 18.2 Å². The van der Waals surface area contributed by atoms with Crippen molar-refractivity contribution in [2.24, 2.45) is 0 Å². The maximum atomic E-state index is 12.4. The molecule has 1 atom stereocenters. The molecule has 0 spiro atoms. The molecule has 0 radical (unpaired) electrons. The molecule has 0 saturated carbocycles. The summed E-state index contributed by atoms with van der Waals surface area (Å²) < 4.78 is 5.25. The molecule has 1 aliphatic rings. The zero-order chi connectivity index (χ0) is 14.7. The van der Waals surface area contributed by atoms with Crippen LogP contribution in [0.1, 0.15) is 27.9 Å². The summed E-state index contributed by atoms with van der Waals surface area (Å²) in [4.78, 5) is 12.4. The molecule has 2 aromatic carbocycles. The van der Waals surface area contributed by atoms with Gasteiger partial charge in [-0.15, -0.1) is 17.0 Å². The topological polar surface area (TPSA) is 38.3 Å². The van der Waals surface area contributed by atoms with Crippen LogP contribution < -0.4 is 10.1 Å². The van der Waals surface area contributed by atoms with Crippen LogP contribution in [-0.2, 0) is 12.8 Å². The quantitative estimate of drug-likeness (QED) is 0.907. The molecule has 0 aliphatic heterocycles. The predicted octanol–water partition coefficient (Wildman–Crippen LogP) is 3.56. The standard InChI is InChI=1S/C18H19NO2.BrH/c1-21-17-9-5-4-8-16(17)18(20)19-15-11-10-13-6-2-3-7-14(13)12-15;/h2-9,15H,10-12H2,1H3,(H,19,20);1H. The van der Waals surface area contributed by atoms with Gasteiger partial charge in [-0.25, -0.2) is 0 Å². The summed E-state index contributed by atoms with van der Waals surface area (Å²) in [7, 11) is 1.59. The van der Waals surface area contributed by atoms with E-state index >= 15 is 0 Å². The number of nitrogens with one attached hydrogen (secondary N) is 1. The van der Waals surface area contributed by atoms with Crippen molar-refractivity contribution in [3.63, 3.8) is 0 Å². The van der Waals surface area contributed by atoms with Crippen molar-refractivity contribution in [2.45, 2.75) is 25.3 Å². The van der Waals surface area contributed by atoms with E-state index in [0.29, 0.717) is 11.3 Å². The predicted molar refractivity (Wildman–Crippen MR) is 93.0 cm³/mol. The molecule has 0 aromatic heterocycles. The molecule has 4 heteroatoms. The number of fused-ring (bicyclic) bond motifs is 1. The molecular weight excluding hydrogens is 342 g/mol. The number of ether oxygens (including phenoxy) is 1. The zero-order valence-corrected chi connectivity index (χ0v) is 14.3.